The molecule has 0 bridgehead atoms. The molecule has 0 atom stereocenters. The van der Waals surface area contributed by atoms with E-state index in [9.17, 15) is 2.74 Å². The molecule has 0 amide bonds. The molecule has 0 aliphatic heterocycles. The summed E-state index contributed by atoms with van der Waals surface area (Å²) in [7, 11) is -2.52. The zero-order valence-corrected chi connectivity index (χ0v) is 16.2. The van der Waals surface area contributed by atoms with E-state index in [4.69, 9.17) is 0 Å². The Hall–Kier alpha value is -1.91. The van der Waals surface area contributed by atoms with E-state index < -0.39 is 13.4 Å². The molecule has 25 heavy (non-hydrogen) atoms. The fourth-order valence-corrected chi connectivity index (χ4v) is 7.04. The van der Waals surface area contributed by atoms with Crippen molar-refractivity contribution in [3.05, 3.63) is 91.0 Å². The summed E-state index contributed by atoms with van der Waals surface area (Å²) in [5.41, 5.74) is -0.118. The summed E-state index contributed by atoms with van der Waals surface area (Å²) in [6, 6.07) is 30.8. The molecule has 0 spiro atoms. The van der Waals surface area contributed by atoms with Gasteiger partial charge in [-0.15, -0.1) is 0 Å². The van der Waals surface area contributed by atoms with Crippen molar-refractivity contribution in [1.82, 2.24) is 0 Å². The van der Waals surface area contributed by atoms with Crippen LogP contribution in [-0.4, -0.2) is 6.11 Å². The molecule has 0 saturated heterocycles. The van der Waals surface area contributed by atoms with Gasteiger partial charge in [-0.2, -0.15) is 0 Å². The van der Waals surface area contributed by atoms with Crippen molar-refractivity contribution in [1.29, 1.82) is 0 Å². The van der Waals surface area contributed by atoms with Crippen molar-refractivity contribution in [2.24, 2.45) is 5.41 Å². The fraction of sp³-hybridized carbons (Fsp3) is 0.250. The van der Waals surface area contributed by atoms with Gasteiger partial charge in [0.25, 0.3) is 0 Å². The van der Waals surface area contributed by atoms with Crippen molar-refractivity contribution >= 4 is 23.2 Å². The van der Waals surface area contributed by atoms with E-state index in [1.807, 2.05) is 54.6 Å². The van der Waals surface area contributed by atoms with Gasteiger partial charge in [0.2, 0.25) is 0 Å². The summed E-state index contributed by atoms with van der Waals surface area (Å²) in [6.45, 7) is 6.38. The van der Waals surface area contributed by atoms with Gasteiger partial charge in [-0.25, -0.2) is 0 Å². The lowest BCUT2D eigenvalue weighted by Gasteiger charge is -2.30. The Morgan fingerprint density at radius 3 is 1.24 bits per heavy atom. The lowest BCUT2D eigenvalue weighted by molar-refractivity contribution is 0.400. The van der Waals surface area contributed by atoms with Crippen LogP contribution in [0.3, 0.4) is 0 Å². The van der Waals surface area contributed by atoms with Gasteiger partial charge in [-0.3, -0.25) is 0 Å². The van der Waals surface area contributed by atoms with Gasteiger partial charge in [-0.05, 0) is 48.2 Å². The average molecular weight is 349 g/mol. The quantitative estimate of drug-likeness (QED) is 0.540. The SMILES string of the molecule is [2H]C([2H])(CC(C)(C)C)[P+](c1ccccc1)(c1ccccc1)c1ccccc1. The second-order valence-corrected chi connectivity index (χ2v) is 10.8. The standard InChI is InChI=1S/C24H28P/c1-24(2,3)19-20-25(21-13-7-4-8-14-21,22-15-9-5-10-16-22)23-17-11-6-12-18-23/h4-18H,19-20H2,1-3H3/q+1/i20D2. The number of rotatable bonds is 5. The number of benzene rings is 3. The predicted molar refractivity (Wildman–Crippen MR) is 114 cm³/mol. The monoisotopic (exact) mass is 349 g/mol. The van der Waals surface area contributed by atoms with Gasteiger partial charge in [0.05, 0.1) is 8.86 Å². The highest BCUT2D eigenvalue weighted by molar-refractivity contribution is 7.95. The minimum absolute atomic E-state index is 0.118. The number of hydrogen-bond donors (Lipinski definition) is 0. The first-order valence-electron chi connectivity index (χ1n) is 9.83. The molecule has 3 rings (SSSR count). The Kier molecular flexibility index (Phi) is 4.63. The van der Waals surface area contributed by atoms with Crippen LogP contribution in [0.25, 0.3) is 0 Å². The van der Waals surface area contributed by atoms with Crippen molar-refractivity contribution in [2.75, 3.05) is 6.11 Å². The van der Waals surface area contributed by atoms with E-state index in [1.165, 1.54) is 0 Å². The second kappa shape index (κ2) is 7.54. The molecule has 128 valence electrons. The van der Waals surface area contributed by atoms with Crippen LogP contribution in [0.5, 0.6) is 0 Å². The maximum absolute atomic E-state index is 9.42. The summed E-state index contributed by atoms with van der Waals surface area (Å²) in [6.07, 6.45) is -0.887. The highest BCUT2D eigenvalue weighted by Gasteiger charge is 2.45. The van der Waals surface area contributed by atoms with Crippen LogP contribution in [0.1, 0.15) is 29.9 Å². The first-order chi connectivity index (χ1) is 12.8. The summed E-state index contributed by atoms with van der Waals surface area (Å²) in [5, 5.41) is 3.28. The zero-order valence-electron chi connectivity index (χ0n) is 17.3. The highest BCUT2D eigenvalue weighted by Crippen LogP contribution is 2.56. The molecule has 0 aromatic heterocycles. The normalized spacial score (nSPS) is 13.9. The summed E-state index contributed by atoms with van der Waals surface area (Å²) in [4.78, 5) is 0. The van der Waals surface area contributed by atoms with E-state index in [0.717, 1.165) is 15.9 Å². The maximum atomic E-state index is 9.42. The Morgan fingerprint density at radius 2 is 0.960 bits per heavy atom. The van der Waals surface area contributed by atoms with Gasteiger partial charge in [0, 0.05) is 0 Å². The third-order valence-corrected chi connectivity index (χ3v) is 8.13. The summed E-state index contributed by atoms with van der Waals surface area (Å²) < 4.78 is 18.8. The maximum Gasteiger partial charge on any atom is 0.112 e. The van der Waals surface area contributed by atoms with E-state index in [2.05, 4.69) is 57.2 Å². The van der Waals surface area contributed by atoms with Gasteiger partial charge < -0.3 is 0 Å². The van der Waals surface area contributed by atoms with E-state index in [1.54, 1.807) is 0 Å². The lowest BCUT2D eigenvalue weighted by atomic mass is 9.94. The molecule has 0 aliphatic rings. The van der Waals surface area contributed by atoms with Crippen LogP contribution >= 0.6 is 7.26 Å². The Morgan fingerprint density at radius 1 is 0.640 bits per heavy atom. The Labute approximate surface area is 156 Å². The molecular weight excluding hydrogens is 319 g/mol. The first-order valence-corrected chi connectivity index (χ1v) is 10.6. The molecule has 0 unspecified atom stereocenters. The van der Waals surface area contributed by atoms with E-state index in [-0.39, 0.29) is 5.41 Å². The molecule has 3 aromatic rings. The Balaban J connectivity index is 2.40. The first kappa shape index (κ1) is 15.4. The third-order valence-electron chi connectivity index (χ3n) is 4.28. The van der Waals surface area contributed by atoms with Crippen molar-refractivity contribution in [2.45, 2.75) is 27.2 Å². The Bertz CT molecular complexity index is 756. The van der Waals surface area contributed by atoms with E-state index >= 15 is 0 Å². The fourth-order valence-electron chi connectivity index (χ4n) is 3.03. The zero-order chi connectivity index (χ0) is 19.5. The van der Waals surface area contributed by atoms with Crippen LogP contribution in [0.2, 0.25) is 0 Å². The highest BCUT2D eigenvalue weighted by atomic mass is 31.2. The van der Waals surface area contributed by atoms with Crippen molar-refractivity contribution in [3.63, 3.8) is 0 Å². The molecule has 0 radical (unpaired) electrons. The largest absolute Gasteiger partial charge is 0.112 e. The van der Waals surface area contributed by atoms with Gasteiger partial charge in [-0.1, -0.05) is 75.4 Å². The molecule has 1 heteroatoms. The van der Waals surface area contributed by atoms with E-state index in [0.29, 0.717) is 6.42 Å². The van der Waals surface area contributed by atoms with Crippen LogP contribution in [-0.2, 0) is 0 Å². The molecule has 3 aromatic carbocycles. The van der Waals surface area contributed by atoms with Crippen LogP contribution in [0, 0.1) is 5.41 Å². The van der Waals surface area contributed by atoms with Crippen LogP contribution in [0.4, 0.5) is 0 Å². The van der Waals surface area contributed by atoms with Gasteiger partial charge >= 0.3 is 0 Å². The summed E-state index contributed by atoms with van der Waals surface area (Å²) in [5.74, 6) is 0. The third kappa shape index (κ3) is 4.02. The molecule has 0 saturated carbocycles. The molecule has 0 N–H and O–H groups in total. The smallest absolute Gasteiger partial charge is 0.0620 e. The average Bonchev–Trinajstić information content (AvgIpc) is 2.63. The van der Waals surface area contributed by atoms with Crippen LogP contribution < -0.4 is 15.9 Å². The topological polar surface area (TPSA) is 0 Å². The molecule has 0 fully saturated rings. The molecular formula is C24H28P+. The second-order valence-electron chi connectivity index (χ2n) is 7.57. The molecule has 0 aliphatic carbocycles. The minimum Gasteiger partial charge on any atom is -0.0620 e. The number of hydrogen-bond acceptors (Lipinski definition) is 0. The predicted octanol–water partition coefficient (Wildman–Crippen LogP) is 5.42. The molecule has 0 nitrogen and oxygen atoms in total. The van der Waals surface area contributed by atoms with Gasteiger partial charge in [0.15, 0.2) is 0 Å². The van der Waals surface area contributed by atoms with Gasteiger partial charge in [0.1, 0.15) is 23.2 Å². The summed E-state index contributed by atoms with van der Waals surface area (Å²) >= 11 is 0. The lowest BCUT2D eigenvalue weighted by Crippen LogP contribution is -2.34. The van der Waals surface area contributed by atoms with Crippen molar-refractivity contribution in [3.8, 4) is 0 Å². The van der Waals surface area contributed by atoms with Crippen LogP contribution in [0.15, 0.2) is 91.0 Å². The van der Waals surface area contributed by atoms with Crippen molar-refractivity contribution < 1.29 is 2.74 Å². The molecule has 0 heterocycles. The minimum atomic E-state index is -2.52.